The minimum Gasteiger partial charge on any atom is -0.292 e. The van der Waals surface area contributed by atoms with Crippen molar-refractivity contribution < 1.29 is 4.79 Å². The largest absolute Gasteiger partial charge is 0.292 e. The number of pyridine rings is 1. The standard InChI is InChI=1S/C13H11N5O/c1-18-16-12(15-17-18)8-11(19)13-10-5-3-2-4-9(10)6-7-14-13/h2-7H,8H2,1H3. The number of aryl methyl sites for hydroxylation is 1. The van der Waals surface area contributed by atoms with Gasteiger partial charge >= 0.3 is 0 Å². The highest BCUT2D eigenvalue weighted by atomic mass is 16.1. The normalized spacial score (nSPS) is 10.8. The van der Waals surface area contributed by atoms with Crippen LogP contribution in [0.4, 0.5) is 0 Å². The number of Topliss-reactive ketones (excluding diaryl/α,β-unsaturated/α-hetero) is 1. The Morgan fingerprint density at radius 2 is 2.11 bits per heavy atom. The number of carbonyl (C=O) groups is 1. The zero-order valence-corrected chi connectivity index (χ0v) is 10.3. The summed E-state index contributed by atoms with van der Waals surface area (Å²) >= 11 is 0. The average Bonchev–Trinajstić information content (AvgIpc) is 2.83. The van der Waals surface area contributed by atoms with E-state index < -0.39 is 0 Å². The monoisotopic (exact) mass is 253 g/mol. The molecule has 6 nitrogen and oxygen atoms in total. The number of ketones is 1. The van der Waals surface area contributed by atoms with E-state index in [0.29, 0.717) is 11.5 Å². The van der Waals surface area contributed by atoms with E-state index in [9.17, 15) is 4.79 Å². The predicted molar refractivity (Wildman–Crippen MR) is 68.6 cm³/mol. The van der Waals surface area contributed by atoms with Gasteiger partial charge in [-0.1, -0.05) is 24.3 Å². The van der Waals surface area contributed by atoms with Crippen LogP contribution < -0.4 is 0 Å². The lowest BCUT2D eigenvalue weighted by Crippen LogP contribution is -2.08. The van der Waals surface area contributed by atoms with E-state index in [4.69, 9.17) is 0 Å². The van der Waals surface area contributed by atoms with Gasteiger partial charge in [-0.2, -0.15) is 4.80 Å². The van der Waals surface area contributed by atoms with Crippen LogP contribution in [0.25, 0.3) is 10.8 Å². The highest BCUT2D eigenvalue weighted by Gasteiger charge is 2.14. The Kier molecular flexibility index (Phi) is 2.75. The maximum Gasteiger partial charge on any atom is 0.189 e. The van der Waals surface area contributed by atoms with E-state index in [0.717, 1.165) is 10.8 Å². The van der Waals surface area contributed by atoms with Crippen molar-refractivity contribution in [1.82, 2.24) is 25.2 Å². The predicted octanol–water partition coefficient (Wildman–Crippen LogP) is 1.18. The summed E-state index contributed by atoms with van der Waals surface area (Å²) < 4.78 is 0. The van der Waals surface area contributed by atoms with Gasteiger partial charge < -0.3 is 0 Å². The van der Waals surface area contributed by atoms with Crippen LogP contribution in [0.3, 0.4) is 0 Å². The molecule has 0 saturated heterocycles. The summed E-state index contributed by atoms with van der Waals surface area (Å²) in [6.45, 7) is 0. The summed E-state index contributed by atoms with van der Waals surface area (Å²) in [6.07, 6.45) is 1.74. The number of rotatable bonds is 3. The number of hydrogen-bond donors (Lipinski definition) is 0. The lowest BCUT2D eigenvalue weighted by molar-refractivity contribution is 0.0987. The summed E-state index contributed by atoms with van der Waals surface area (Å²) in [4.78, 5) is 17.8. The van der Waals surface area contributed by atoms with Crippen molar-refractivity contribution in [1.29, 1.82) is 0 Å². The van der Waals surface area contributed by atoms with E-state index in [1.807, 2.05) is 30.3 Å². The summed E-state index contributed by atoms with van der Waals surface area (Å²) in [6, 6.07) is 9.54. The first kappa shape index (κ1) is 11.5. The van der Waals surface area contributed by atoms with E-state index in [1.54, 1.807) is 13.2 Å². The molecule has 0 atom stereocenters. The molecule has 0 radical (unpaired) electrons. The Morgan fingerprint density at radius 3 is 2.89 bits per heavy atom. The van der Waals surface area contributed by atoms with E-state index in [1.165, 1.54) is 4.80 Å². The van der Waals surface area contributed by atoms with Gasteiger partial charge in [-0.3, -0.25) is 9.78 Å². The summed E-state index contributed by atoms with van der Waals surface area (Å²) in [5.41, 5.74) is 0.450. The van der Waals surface area contributed by atoms with E-state index in [-0.39, 0.29) is 12.2 Å². The zero-order chi connectivity index (χ0) is 13.2. The van der Waals surface area contributed by atoms with Gasteiger partial charge in [0.25, 0.3) is 0 Å². The van der Waals surface area contributed by atoms with Gasteiger partial charge in [0, 0.05) is 11.6 Å². The summed E-state index contributed by atoms with van der Waals surface area (Å²) in [5, 5.41) is 13.4. The highest BCUT2D eigenvalue weighted by Crippen LogP contribution is 2.17. The minimum atomic E-state index is -0.107. The van der Waals surface area contributed by atoms with Gasteiger partial charge in [0.2, 0.25) is 0 Å². The van der Waals surface area contributed by atoms with E-state index in [2.05, 4.69) is 20.4 Å². The molecule has 3 aromatic rings. The number of benzene rings is 1. The molecule has 0 aliphatic heterocycles. The SMILES string of the molecule is Cn1nnc(CC(=O)c2nccc3ccccc23)n1. The average molecular weight is 253 g/mol. The van der Waals surface area contributed by atoms with Gasteiger partial charge in [-0.15, -0.1) is 10.2 Å². The minimum absolute atomic E-state index is 0.106. The third-order valence-corrected chi connectivity index (χ3v) is 2.81. The fourth-order valence-corrected chi connectivity index (χ4v) is 1.96. The summed E-state index contributed by atoms with van der Waals surface area (Å²) in [7, 11) is 1.66. The summed E-state index contributed by atoms with van der Waals surface area (Å²) in [5.74, 6) is 0.298. The van der Waals surface area contributed by atoms with Crippen molar-refractivity contribution in [3.8, 4) is 0 Å². The molecule has 94 valence electrons. The maximum absolute atomic E-state index is 12.3. The molecule has 19 heavy (non-hydrogen) atoms. The van der Waals surface area contributed by atoms with Crippen molar-refractivity contribution in [3.05, 3.63) is 48.0 Å². The highest BCUT2D eigenvalue weighted by molar-refractivity contribution is 6.06. The lowest BCUT2D eigenvalue weighted by Gasteiger charge is -2.02. The first-order valence-electron chi connectivity index (χ1n) is 5.84. The van der Waals surface area contributed by atoms with Crippen LogP contribution in [0, 0.1) is 0 Å². The number of fused-ring (bicyclic) bond motifs is 1. The molecule has 2 aromatic heterocycles. The number of hydrogen-bond acceptors (Lipinski definition) is 5. The third-order valence-electron chi connectivity index (χ3n) is 2.81. The molecule has 0 amide bonds. The molecule has 0 bridgehead atoms. The van der Waals surface area contributed by atoms with Gasteiger partial charge in [0.15, 0.2) is 11.6 Å². The second kappa shape index (κ2) is 4.56. The van der Waals surface area contributed by atoms with Crippen molar-refractivity contribution in [2.45, 2.75) is 6.42 Å². The van der Waals surface area contributed by atoms with Gasteiger partial charge in [-0.05, 0) is 16.7 Å². The smallest absolute Gasteiger partial charge is 0.189 e. The molecule has 0 N–H and O–H groups in total. The quantitative estimate of drug-likeness (QED) is 0.655. The molecular weight excluding hydrogens is 242 g/mol. The van der Waals surface area contributed by atoms with Crippen LogP contribution in [0.15, 0.2) is 36.5 Å². The van der Waals surface area contributed by atoms with Crippen molar-refractivity contribution in [2.24, 2.45) is 7.05 Å². The molecule has 6 heteroatoms. The molecule has 0 aliphatic rings. The van der Waals surface area contributed by atoms with Gasteiger partial charge in [0.1, 0.15) is 5.69 Å². The number of aromatic nitrogens is 5. The zero-order valence-electron chi connectivity index (χ0n) is 10.3. The molecule has 0 saturated carbocycles. The van der Waals surface area contributed by atoms with Gasteiger partial charge in [0.05, 0.1) is 13.5 Å². The first-order chi connectivity index (χ1) is 9.24. The van der Waals surface area contributed by atoms with Gasteiger partial charge in [-0.25, -0.2) is 0 Å². The molecule has 0 spiro atoms. The number of tetrazole rings is 1. The van der Waals surface area contributed by atoms with Crippen LogP contribution in [-0.4, -0.2) is 31.0 Å². The van der Waals surface area contributed by atoms with Crippen LogP contribution in [0.1, 0.15) is 16.3 Å². The van der Waals surface area contributed by atoms with E-state index >= 15 is 0 Å². The Labute approximate surface area is 109 Å². The lowest BCUT2D eigenvalue weighted by atomic mass is 10.1. The van der Waals surface area contributed by atoms with Crippen LogP contribution in [0.2, 0.25) is 0 Å². The molecular formula is C13H11N5O. The van der Waals surface area contributed by atoms with Crippen LogP contribution in [-0.2, 0) is 13.5 Å². The van der Waals surface area contributed by atoms with Crippen molar-refractivity contribution in [2.75, 3.05) is 0 Å². The van der Waals surface area contributed by atoms with Crippen molar-refractivity contribution in [3.63, 3.8) is 0 Å². The molecule has 1 aromatic carbocycles. The fraction of sp³-hybridized carbons (Fsp3) is 0.154. The Balaban J connectivity index is 1.97. The van der Waals surface area contributed by atoms with Crippen molar-refractivity contribution >= 4 is 16.6 Å². The number of carbonyl (C=O) groups excluding carboxylic acids is 1. The molecule has 3 rings (SSSR count). The molecule has 0 aliphatic carbocycles. The second-order valence-corrected chi connectivity index (χ2v) is 4.18. The maximum atomic E-state index is 12.3. The molecule has 2 heterocycles. The first-order valence-corrected chi connectivity index (χ1v) is 5.84. The third kappa shape index (κ3) is 2.20. The Bertz CT molecular complexity index is 744. The number of nitrogens with zero attached hydrogens (tertiary/aromatic N) is 5. The second-order valence-electron chi connectivity index (χ2n) is 4.18. The molecule has 0 fully saturated rings. The Morgan fingerprint density at radius 1 is 1.26 bits per heavy atom. The van der Waals surface area contributed by atoms with Crippen LogP contribution in [0.5, 0.6) is 0 Å². The fourth-order valence-electron chi connectivity index (χ4n) is 1.96. The topological polar surface area (TPSA) is 73.6 Å². The molecule has 0 unspecified atom stereocenters. The Hall–Kier alpha value is -2.63. The van der Waals surface area contributed by atoms with Crippen LogP contribution >= 0.6 is 0 Å².